The van der Waals surface area contributed by atoms with Gasteiger partial charge in [0.1, 0.15) is 28.2 Å². The van der Waals surface area contributed by atoms with Gasteiger partial charge in [0.25, 0.3) is 0 Å². The van der Waals surface area contributed by atoms with Crippen LogP contribution in [0.2, 0.25) is 0 Å². The van der Waals surface area contributed by atoms with Gasteiger partial charge in [-0.15, -0.1) is 21.5 Å². The van der Waals surface area contributed by atoms with Crippen LogP contribution in [-0.2, 0) is 13.6 Å². The highest BCUT2D eigenvalue weighted by Crippen LogP contribution is 2.33. The van der Waals surface area contributed by atoms with Crippen molar-refractivity contribution in [3.63, 3.8) is 0 Å². The molecule has 0 saturated carbocycles. The predicted molar refractivity (Wildman–Crippen MR) is 77.4 cm³/mol. The highest BCUT2D eigenvalue weighted by Gasteiger charge is 2.18. The number of carboxylic acid groups (broad SMARTS) is 1. The number of aromatic carboxylic acids is 1. The third-order valence-electron chi connectivity index (χ3n) is 3.14. The van der Waals surface area contributed by atoms with Crippen LogP contribution in [0.1, 0.15) is 21.1 Å². The minimum Gasteiger partial charge on any atom is -0.477 e. The van der Waals surface area contributed by atoms with Gasteiger partial charge >= 0.3 is 5.97 Å². The van der Waals surface area contributed by atoms with Gasteiger partial charge in [-0.3, -0.25) is 0 Å². The average Bonchev–Trinajstić information content (AvgIpc) is 3.01. The Morgan fingerprint density at radius 2 is 2.29 bits per heavy atom. The first-order chi connectivity index (χ1) is 10.1. The molecule has 0 aromatic carbocycles. The molecule has 0 fully saturated rings. The molecule has 3 aromatic rings. The van der Waals surface area contributed by atoms with Crippen LogP contribution in [0.5, 0.6) is 0 Å². The van der Waals surface area contributed by atoms with E-state index in [4.69, 9.17) is 0 Å². The van der Waals surface area contributed by atoms with Gasteiger partial charge in [-0.2, -0.15) is 0 Å². The molecule has 0 amide bonds. The average molecular weight is 304 g/mol. The molecule has 8 nitrogen and oxygen atoms in total. The number of aryl methyl sites for hydroxylation is 2. The van der Waals surface area contributed by atoms with E-state index in [1.165, 1.54) is 6.33 Å². The Labute approximate surface area is 123 Å². The molecule has 9 heteroatoms. The normalized spacial score (nSPS) is 11.0. The fourth-order valence-corrected chi connectivity index (χ4v) is 3.03. The van der Waals surface area contributed by atoms with E-state index in [-0.39, 0.29) is 4.88 Å². The lowest BCUT2D eigenvalue weighted by Crippen LogP contribution is -2.07. The molecule has 3 aromatic heterocycles. The Balaban J connectivity index is 1.99. The summed E-state index contributed by atoms with van der Waals surface area (Å²) in [5.74, 6) is 0.409. The zero-order valence-electron chi connectivity index (χ0n) is 11.4. The van der Waals surface area contributed by atoms with Crippen LogP contribution in [0, 0.1) is 6.92 Å². The van der Waals surface area contributed by atoms with Crippen LogP contribution >= 0.6 is 11.3 Å². The highest BCUT2D eigenvalue weighted by molar-refractivity contribution is 7.20. The first-order valence-electron chi connectivity index (χ1n) is 6.12. The van der Waals surface area contributed by atoms with Crippen molar-refractivity contribution in [2.24, 2.45) is 7.05 Å². The van der Waals surface area contributed by atoms with Crippen LogP contribution in [0.3, 0.4) is 0 Å². The smallest absolute Gasteiger partial charge is 0.346 e. The van der Waals surface area contributed by atoms with Crippen LogP contribution in [0.25, 0.3) is 10.2 Å². The van der Waals surface area contributed by atoms with Gasteiger partial charge in [-0.05, 0) is 12.5 Å². The maximum absolute atomic E-state index is 11.2. The van der Waals surface area contributed by atoms with Gasteiger partial charge in [-0.1, -0.05) is 0 Å². The Morgan fingerprint density at radius 1 is 1.48 bits per heavy atom. The summed E-state index contributed by atoms with van der Waals surface area (Å²) in [6.45, 7) is 2.21. The second kappa shape index (κ2) is 5.09. The molecule has 0 spiro atoms. The second-order valence-corrected chi connectivity index (χ2v) is 5.47. The van der Waals surface area contributed by atoms with E-state index in [1.807, 2.05) is 7.05 Å². The molecular weight excluding hydrogens is 292 g/mol. The summed E-state index contributed by atoms with van der Waals surface area (Å²) >= 11 is 1.15. The van der Waals surface area contributed by atoms with Crippen molar-refractivity contribution >= 4 is 33.3 Å². The first kappa shape index (κ1) is 13.4. The summed E-state index contributed by atoms with van der Waals surface area (Å²) in [6, 6.07) is 0. The summed E-state index contributed by atoms with van der Waals surface area (Å²) in [7, 11) is 1.85. The summed E-state index contributed by atoms with van der Waals surface area (Å²) in [4.78, 5) is 20.5. The molecule has 21 heavy (non-hydrogen) atoms. The molecule has 0 unspecified atom stereocenters. The Morgan fingerprint density at radius 3 is 2.95 bits per heavy atom. The fourth-order valence-electron chi connectivity index (χ4n) is 2.04. The molecule has 0 aliphatic heterocycles. The largest absolute Gasteiger partial charge is 0.477 e. The SMILES string of the molecule is Cc1c(C(=O)O)sc2ncnc(NCc3nncn3C)c12. The van der Waals surface area contributed by atoms with E-state index in [9.17, 15) is 9.90 Å². The van der Waals surface area contributed by atoms with Crippen LogP contribution < -0.4 is 5.32 Å². The molecule has 0 aliphatic carbocycles. The molecular formula is C12H12N6O2S. The molecule has 3 heterocycles. The predicted octanol–water partition coefficient (Wildman–Crippen LogP) is 1.44. The Hall–Kier alpha value is -2.55. The highest BCUT2D eigenvalue weighted by atomic mass is 32.1. The zero-order chi connectivity index (χ0) is 15.0. The standard InChI is InChI=1S/C12H12N6O2S/c1-6-8-10(13-3-7-17-16-5-18(7)2)14-4-15-11(8)21-9(6)12(19)20/h4-5H,3H2,1-2H3,(H,19,20)(H,13,14,15). The van der Waals surface area contributed by atoms with Gasteiger partial charge in [-0.25, -0.2) is 14.8 Å². The number of carbonyl (C=O) groups is 1. The molecule has 3 rings (SSSR count). The number of fused-ring (bicyclic) bond motifs is 1. The van der Waals surface area contributed by atoms with Crippen LogP contribution in [0.4, 0.5) is 5.82 Å². The Kier molecular flexibility index (Phi) is 3.26. The summed E-state index contributed by atoms with van der Waals surface area (Å²) in [6.07, 6.45) is 3.04. The number of carboxylic acids is 1. The monoisotopic (exact) mass is 304 g/mol. The van der Waals surface area contributed by atoms with Crippen molar-refractivity contribution in [2.45, 2.75) is 13.5 Å². The molecule has 0 saturated heterocycles. The van der Waals surface area contributed by atoms with Gasteiger partial charge in [0.15, 0.2) is 5.82 Å². The van der Waals surface area contributed by atoms with E-state index in [1.54, 1.807) is 17.8 Å². The fraction of sp³-hybridized carbons (Fsp3) is 0.250. The quantitative estimate of drug-likeness (QED) is 0.751. The zero-order valence-corrected chi connectivity index (χ0v) is 12.2. The summed E-state index contributed by atoms with van der Waals surface area (Å²) < 4.78 is 1.80. The van der Waals surface area contributed by atoms with E-state index in [0.29, 0.717) is 22.8 Å². The lowest BCUT2D eigenvalue weighted by atomic mass is 10.2. The number of nitrogens with one attached hydrogen (secondary N) is 1. The van der Waals surface area contributed by atoms with Gasteiger partial charge in [0, 0.05) is 7.05 Å². The van der Waals surface area contributed by atoms with E-state index < -0.39 is 5.97 Å². The van der Waals surface area contributed by atoms with Crippen LogP contribution in [-0.4, -0.2) is 35.8 Å². The Bertz CT molecular complexity index is 824. The number of aromatic nitrogens is 5. The summed E-state index contributed by atoms with van der Waals surface area (Å²) in [5, 5.41) is 20.9. The topological polar surface area (TPSA) is 106 Å². The number of hydrogen-bond donors (Lipinski definition) is 2. The molecule has 108 valence electrons. The summed E-state index contributed by atoms with van der Waals surface area (Å²) in [5.41, 5.74) is 0.670. The molecule has 0 radical (unpaired) electrons. The van der Waals surface area contributed by atoms with Gasteiger partial charge < -0.3 is 15.0 Å². The number of hydrogen-bond acceptors (Lipinski definition) is 7. The van der Waals surface area contributed by atoms with Crippen molar-refractivity contribution < 1.29 is 9.90 Å². The van der Waals surface area contributed by atoms with Crippen molar-refractivity contribution in [3.05, 3.63) is 28.9 Å². The van der Waals surface area contributed by atoms with Crippen molar-refractivity contribution in [1.82, 2.24) is 24.7 Å². The lowest BCUT2D eigenvalue weighted by Gasteiger charge is -2.06. The second-order valence-electron chi connectivity index (χ2n) is 4.48. The molecule has 0 aliphatic rings. The third kappa shape index (κ3) is 2.31. The van der Waals surface area contributed by atoms with Crippen molar-refractivity contribution in [2.75, 3.05) is 5.32 Å². The number of thiophene rings is 1. The van der Waals surface area contributed by atoms with E-state index in [0.717, 1.165) is 22.5 Å². The van der Waals surface area contributed by atoms with Gasteiger partial charge in [0.05, 0.1) is 11.9 Å². The number of anilines is 1. The lowest BCUT2D eigenvalue weighted by molar-refractivity contribution is 0.0701. The third-order valence-corrected chi connectivity index (χ3v) is 4.33. The van der Waals surface area contributed by atoms with E-state index in [2.05, 4.69) is 25.5 Å². The maximum Gasteiger partial charge on any atom is 0.346 e. The van der Waals surface area contributed by atoms with E-state index >= 15 is 0 Å². The van der Waals surface area contributed by atoms with Gasteiger partial charge in [0.2, 0.25) is 0 Å². The number of rotatable bonds is 4. The molecule has 0 atom stereocenters. The maximum atomic E-state index is 11.2. The molecule has 0 bridgehead atoms. The minimum atomic E-state index is -0.949. The minimum absolute atomic E-state index is 0.284. The van der Waals surface area contributed by atoms with Crippen molar-refractivity contribution in [3.8, 4) is 0 Å². The first-order valence-corrected chi connectivity index (χ1v) is 6.93. The van der Waals surface area contributed by atoms with Crippen LogP contribution in [0.15, 0.2) is 12.7 Å². The number of nitrogens with zero attached hydrogens (tertiary/aromatic N) is 5. The molecule has 2 N–H and O–H groups in total. The van der Waals surface area contributed by atoms with Crippen molar-refractivity contribution in [1.29, 1.82) is 0 Å².